The van der Waals surface area contributed by atoms with Crippen LogP contribution in [0.4, 0.5) is 0 Å². The van der Waals surface area contributed by atoms with Crippen molar-refractivity contribution in [3.05, 3.63) is 58.9 Å². The lowest BCUT2D eigenvalue weighted by Crippen LogP contribution is -2.16. The third-order valence-electron chi connectivity index (χ3n) is 5.61. The number of esters is 1. The van der Waals surface area contributed by atoms with E-state index in [-0.39, 0.29) is 23.9 Å². The van der Waals surface area contributed by atoms with Crippen molar-refractivity contribution in [3.8, 4) is 34.4 Å². The second kappa shape index (κ2) is 9.38. The van der Waals surface area contributed by atoms with E-state index in [1.807, 2.05) is 36.6 Å². The summed E-state index contributed by atoms with van der Waals surface area (Å²) in [5, 5.41) is 0. The molecule has 0 aliphatic carbocycles. The zero-order valence-corrected chi connectivity index (χ0v) is 19.6. The van der Waals surface area contributed by atoms with Crippen LogP contribution in [0.5, 0.6) is 28.7 Å². The van der Waals surface area contributed by atoms with Crippen LogP contribution in [0.3, 0.4) is 0 Å². The molecule has 0 atom stereocenters. The summed E-state index contributed by atoms with van der Waals surface area (Å²) in [6.07, 6.45) is 0. The minimum atomic E-state index is -0.712. The molecular formula is C25H25NO8. The fraction of sp³-hybridized carbons (Fsp3) is 0.280. The van der Waals surface area contributed by atoms with Crippen LogP contribution in [0, 0.1) is 13.8 Å². The van der Waals surface area contributed by atoms with E-state index in [1.54, 1.807) is 6.07 Å². The predicted octanol–water partition coefficient (Wildman–Crippen LogP) is 3.89. The molecule has 0 unspecified atom stereocenters. The second-order valence-corrected chi connectivity index (χ2v) is 7.56. The lowest BCUT2D eigenvalue weighted by Gasteiger charge is -2.13. The van der Waals surface area contributed by atoms with E-state index < -0.39 is 12.6 Å². The highest BCUT2D eigenvalue weighted by atomic mass is 16.7. The van der Waals surface area contributed by atoms with Gasteiger partial charge in [-0.05, 0) is 32.0 Å². The summed E-state index contributed by atoms with van der Waals surface area (Å²) in [5.41, 5.74) is 3.00. The van der Waals surface area contributed by atoms with Gasteiger partial charge in [-0.1, -0.05) is 0 Å². The second-order valence-electron chi connectivity index (χ2n) is 7.56. The molecule has 2 aromatic carbocycles. The highest BCUT2D eigenvalue weighted by Gasteiger charge is 2.23. The number of rotatable bonds is 8. The van der Waals surface area contributed by atoms with Gasteiger partial charge in [-0.3, -0.25) is 4.79 Å². The Labute approximate surface area is 196 Å². The maximum atomic E-state index is 13.0. The van der Waals surface area contributed by atoms with Crippen molar-refractivity contribution in [1.82, 2.24) is 4.57 Å². The number of aryl methyl sites for hydroxylation is 1. The first-order valence-corrected chi connectivity index (χ1v) is 10.5. The minimum absolute atomic E-state index is 0.124. The molecule has 0 radical (unpaired) electrons. The van der Waals surface area contributed by atoms with Gasteiger partial charge in [0.2, 0.25) is 12.6 Å². The lowest BCUT2D eigenvalue weighted by atomic mass is 10.1. The molecule has 0 saturated heterocycles. The summed E-state index contributed by atoms with van der Waals surface area (Å²) in [7, 11) is 4.36. The van der Waals surface area contributed by atoms with Crippen molar-refractivity contribution < 1.29 is 38.0 Å². The van der Waals surface area contributed by atoms with Gasteiger partial charge < -0.3 is 33.0 Å². The van der Waals surface area contributed by atoms with E-state index in [9.17, 15) is 9.59 Å². The number of carbonyl (C=O) groups is 2. The number of ketones is 1. The molecule has 0 amide bonds. The van der Waals surface area contributed by atoms with E-state index in [4.69, 9.17) is 28.4 Å². The predicted molar refractivity (Wildman–Crippen MR) is 122 cm³/mol. The first kappa shape index (κ1) is 23.0. The molecule has 1 aliphatic heterocycles. The number of ether oxygens (including phenoxy) is 6. The number of fused-ring (bicyclic) bond motifs is 1. The van der Waals surface area contributed by atoms with Gasteiger partial charge in [-0.2, -0.15) is 0 Å². The van der Waals surface area contributed by atoms with Crippen LogP contribution in [0.1, 0.15) is 32.1 Å². The molecule has 0 N–H and O–H groups in total. The molecule has 178 valence electrons. The molecule has 9 heteroatoms. The zero-order chi connectivity index (χ0) is 24.4. The van der Waals surface area contributed by atoms with Crippen molar-refractivity contribution in [2.45, 2.75) is 13.8 Å². The van der Waals surface area contributed by atoms with E-state index >= 15 is 0 Å². The highest BCUT2D eigenvalue weighted by Crippen LogP contribution is 2.36. The summed E-state index contributed by atoms with van der Waals surface area (Å²) >= 11 is 0. The third kappa shape index (κ3) is 4.12. The third-order valence-corrected chi connectivity index (χ3v) is 5.61. The van der Waals surface area contributed by atoms with Crippen LogP contribution < -0.4 is 23.7 Å². The molecule has 0 fully saturated rings. The normalized spacial score (nSPS) is 11.8. The van der Waals surface area contributed by atoms with Crippen LogP contribution in [-0.4, -0.2) is 51.0 Å². The molecule has 0 saturated carbocycles. The topological polar surface area (TPSA) is 94.5 Å². The van der Waals surface area contributed by atoms with Gasteiger partial charge in [0.15, 0.2) is 29.6 Å². The Kier molecular flexibility index (Phi) is 6.36. The Morgan fingerprint density at radius 3 is 2.24 bits per heavy atom. The van der Waals surface area contributed by atoms with Crippen LogP contribution in [0.25, 0.3) is 5.69 Å². The number of Topliss-reactive ketones (excluding diaryl/α,β-unsaturated/α-hetero) is 1. The van der Waals surface area contributed by atoms with Crippen molar-refractivity contribution in [1.29, 1.82) is 0 Å². The summed E-state index contributed by atoms with van der Waals surface area (Å²) in [4.78, 5) is 25.7. The van der Waals surface area contributed by atoms with E-state index in [1.165, 1.54) is 33.5 Å². The van der Waals surface area contributed by atoms with Gasteiger partial charge in [0.05, 0.1) is 21.3 Å². The maximum Gasteiger partial charge on any atom is 0.342 e. The van der Waals surface area contributed by atoms with Gasteiger partial charge in [0.1, 0.15) is 11.3 Å². The van der Waals surface area contributed by atoms with E-state index in [0.717, 1.165) is 17.1 Å². The summed E-state index contributed by atoms with van der Waals surface area (Å²) < 4.78 is 33.8. The largest absolute Gasteiger partial charge is 0.496 e. The quantitative estimate of drug-likeness (QED) is 0.364. The number of hydrogen-bond donors (Lipinski definition) is 0. The Morgan fingerprint density at radius 2 is 1.53 bits per heavy atom. The lowest BCUT2D eigenvalue weighted by molar-refractivity contribution is 0.0471. The maximum absolute atomic E-state index is 13.0. The van der Waals surface area contributed by atoms with E-state index in [2.05, 4.69) is 0 Å². The van der Waals surface area contributed by atoms with Crippen LogP contribution in [-0.2, 0) is 4.74 Å². The van der Waals surface area contributed by atoms with Gasteiger partial charge in [0.25, 0.3) is 0 Å². The first-order valence-electron chi connectivity index (χ1n) is 10.5. The molecule has 34 heavy (non-hydrogen) atoms. The van der Waals surface area contributed by atoms with Gasteiger partial charge in [-0.25, -0.2) is 4.79 Å². The molecule has 2 heterocycles. The fourth-order valence-electron chi connectivity index (χ4n) is 3.94. The zero-order valence-electron chi connectivity index (χ0n) is 19.6. The fourth-order valence-corrected chi connectivity index (χ4v) is 3.94. The summed E-state index contributed by atoms with van der Waals surface area (Å²) in [6.45, 7) is 3.49. The van der Waals surface area contributed by atoms with Gasteiger partial charge in [-0.15, -0.1) is 0 Å². The summed E-state index contributed by atoms with van der Waals surface area (Å²) in [5.74, 6) is 1.28. The Bertz CT molecular complexity index is 1260. The molecule has 0 bridgehead atoms. The molecular weight excluding hydrogens is 442 g/mol. The average Bonchev–Trinajstić information content (AvgIpc) is 3.44. The van der Waals surface area contributed by atoms with Gasteiger partial charge >= 0.3 is 5.97 Å². The van der Waals surface area contributed by atoms with E-state index in [0.29, 0.717) is 28.6 Å². The van der Waals surface area contributed by atoms with Crippen molar-refractivity contribution >= 4 is 11.8 Å². The molecule has 1 aliphatic rings. The van der Waals surface area contributed by atoms with Crippen LogP contribution >= 0.6 is 0 Å². The minimum Gasteiger partial charge on any atom is -0.496 e. The Hall–Kier alpha value is -4.14. The Morgan fingerprint density at radius 1 is 0.853 bits per heavy atom. The average molecular weight is 467 g/mol. The molecule has 0 spiro atoms. The number of hydrogen-bond acceptors (Lipinski definition) is 8. The number of nitrogens with zero attached hydrogens (tertiary/aromatic N) is 1. The van der Waals surface area contributed by atoms with Crippen LogP contribution in [0.2, 0.25) is 0 Å². The Balaban J connectivity index is 1.53. The molecule has 3 aromatic rings. The van der Waals surface area contributed by atoms with Crippen molar-refractivity contribution in [2.24, 2.45) is 0 Å². The highest BCUT2D eigenvalue weighted by molar-refractivity contribution is 6.01. The summed E-state index contributed by atoms with van der Waals surface area (Å²) in [6, 6.07) is 10.3. The number of aromatic nitrogens is 1. The molecule has 4 rings (SSSR count). The molecule has 9 nitrogen and oxygen atoms in total. The smallest absolute Gasteiger partial charge is 0.342 e. The monoisotopic (exact) mass is 467 g/mol. The van der Waals surface area contributed by atoms with Gasteiger partial charge in [0, 0.05) is 40.8 Å². The van der Waals surface area contributed by atoms with Crippen LogP contribution in [0.15, 0.2) is 36.4 Å². The SMILES string of the molecule is COc1cc(OC)c(C(=O)OCC(=O)c2cc(C)n(-c3ccc4c(c3)OCO4)c2C)cc1OC. The first-order chi connectivity index (χ1) is 16.4. The standard InChI is InChI=1S/C25H25NO8/c1-14-8-17(15(2)26(14)16-6-7-20-24(9-16)34-13-33-20)19(27)12-32-25(28)18-10-22(30-4)23(31-5)11-21(18)29-3/h6-11H,12-13H2,1-5H3. The number of carbonyl (C=O) groups excluding carboxylic acids is 2. The number of benzene rings is 2. The molecule has 1 aromatic heterocycles. The van der Waals surface area contributed by atoms with Crippen molar-refractivity contribution in [3.63, 3.8) is 0 Å². The van der Waals surface area contributed by atoms with Crippen molar-refractivity contribution in [2.75, 3.05) is 34.7 Å². The number of methoxy groups -OCH3 is 3.